The molecule has 1 aromatic carbocycles. The fraction of sp³-hybridized carbons (Fsp3) is 0.500. The zero-order chi connectivity index (χ0) is 15.1. The number of hydrogen-bond donors (Lipinski definition) is 2. The molecule has 0 spiro atoms. The van der Waals surface area contributed by atoms with Crippen LogP contribution in [0.15, 0.2) is 24.3 Å². The van der Waals surface area contributed by atoms with Crippen LogP contribution in [-0.4, -0.2) is 10.9 Å². The molecule has 3 N–H and O–H groups in total. The summed E-state index contributed by atoms with van der Waals surface area (Å²) in [6.45, 7) is 6.85. The van der Waals surface area contributed by atoms with Crippen LogP contribution in [-0.2, 0) is 11.3 Å². The van der Waals surface area contributed by atoms with Gasteiger partial charge in [-0.2, -0.15) is 0 Å². The smallest absolute Gasteiger partial charge is 0.230 e. The molecular weight excluding hydrogens is 268 g/mol. The summed E-state index contributed by atoms with van der Waals surface area (Å²) in [5.41, 5.74) is 8.00. The van der Waals surface area contributed by atoms with E-state index in [4.69, 9.17) is 18.0 Å². The van der Waals surface area contributed by atoms with E-state index < -0.39 is 0 Å². The third-order valence-electron chi connectivity index (χ3n) is 3.35. The van der Waals surface area contributed by atoms with Gasteiger partial charge in [-0.1, -0.05) is 63.7 Å². The average Bonchev–Trinajstić information content (AvgIpc) is 2.42. The van der Waals surface area contributed by atoms with E-state index in [1.807, 2.05) is 19.1 Å². The Balaban J connectivity index is 2.57. The highest BCUT2D eigenvalue weighted by Gasteiger charge is 2.19. The summed E-state index contributed by atoms with van der Waals surface area (Å²) in [6, 6.07) is 8.29. The fourth-order valence-corrected chi connectivity index (χ4v) is 2.25. The van der Waals surface area contributed by atoms with Crippen molar-refractivity contribution in [2.75, 3.05) is 0 Å². The van der Waals surface area contributed by atoms with Gasteiger partial charge in [0.2, 0.25) is 5.91 Å². The Bertz CT molecular complexity index is 454. The first kappa shape index (κ1) is 16.6. The highest BCUT2D eigenvalue weighted by molar-refractivity contribution is 7.80. The summed E-state index contributed by atoms with van der Waals surface area (Å²) in [7, 11) is 0. The lowest BCUT2D eigenvalue weighted by Crippen LogP contribution is -2.37. The van der Waals surface area contributed by atoms with Crippen molar-refractivity contribution in [3.63, 3.8) is 0 Å². The Kier molecular flexibility index (Phi) is 6.65. The van der Waals surface area contributed by atoms with Crippen molar-refractivity contribution < 1.29 is 4.79 Å². The molecule has 0 heterocycles. The summed E-state index contributed by atoms with van der Waals surface area (Å²) in [5, 5.41) is 2.91. The van der Waals surface area contributed by atoms with Crippen LogP contribution in [0.1, 0.15) is 50.7 Å². The Hall–Kier alpha value is -1.42. The molecule has 0 radical (unpaired) electrons. The number of benzene rings is 1. The van der Waals surface area contributed by atoms with Gasteiger partial charge in [-0.15, -0.1) is 0 Å². The van der Waals surface area contributed by atoms with Crippen LogP contribution in [0.2, 0.25) is 0 Å². The fourth-order valence-electron chi connectivity index (χ4n) is 2.02. The van der Waals surface area contributed by atoms with E-state index in [0.29, 0.717) is 18.9 Å². The quantitative estimate of drug-likeness (QED) is 0.759. The van der Waals surface area contributed by atoms with Gasteiger partial charge >= 0.3 is 0 Å². The van der Waals surface area contributed by atoms with Gasteiger partial charge < -0.3 is 11.1 Å². The van der Waals surface area contributed by atoms with Crippen molar-refractivity contribution >= 4 is 23.1 Å². The van der Waals surface area contributed by atoms with Crippen molar-refractivity contribution in [2.24, 2.45) is 11.7 Å². The van der Waals surface area contributed by atoms with Gasteiger partial charge in [0, 0.05) is 6.54 Å². The second-order valence-electron chi connectivity index (χ2n) is 5.36. The standard InChI is InChI=1S/C16H24N2OS/c1-4-5-14(15(17)20)16(19)18-10-12-6-8-13(9-7-12)11(2)3/h6-9,11,14H,4-5,10H2,1-3H3,(H2,17,20)(H,18,19). The molecule has 1 unspecified atom stereocenters. The first-order valence-electron chi connectivity index (χ1n) is 7.11. The largest absolute Gasteiger partial charge is 0.393 e. The average molecular weight is 292 g/mol. The minimum Gasteiger partial charge on any atom is -0.393 e. The topological polar surface area (TPSA) is 55.1 Å². The third kappa shape index (κ3) is 4.93. The molecule has 1 rings (SSSR count). The first-order valence-corrected chi connectivity index (χ1v) is 7.52. The van der Waals surface area contributed by atoms with Gasteiger partial charge in [0.05, 0.1) is 10.9 Å². The van der Waals surface area contributed by atoms with Crippen LogP contribution in [0.3, 0.4) is 0 Å². The minimum atomic E-state index is -0.357. The normalized spacial score (nSPS) is 12.2. The van der Waals surface area contributed by atoms with Crippen molar-refractivity contribution in [2.45, 2.75) is 46.1 Å². The van der Waals surface area contributed by atoms with E-state index in [9.17, 15) is 4.79 Å². The molecular formula is C16H24N2OS. The first-order chi connectivity index (χ1) is 9.45. The molecule has 0 bridgehead atoms. The summed E-state index contributed by atoms with van der Waals surface area (Å²) in [5.74, 6) is 0.0828. The molecule has 110 valence electrons. The second-order valence-corrected chi connectivity index (χ2v) is 5.83. The van der Waals surface area contributed by atoms with Crippen LogP contribution in [0.25, 0.3) is 0 Å². The SMILES string of the molecule is CCCC(C(=O)NCc1ccc(C(C)C)cc1)C(N)=S. The number of nitrogens with two attached hydrogens (primary N) is 1. The summed E-state index contributed by atoms with van der Waals surface area (Å²) < 4.78 is 0. The van der Waals surface area contributed by atoms with Gasteiger partial charge in [0.15, 0.2) is 0 Å². The van der Waals surface area contributed by atoms with E-state index >= 15 is 0 Å². The highest BCUT2D eigenvalue weighted by atomic mass is 32.1. The van der Waals surface area contributed by atoms with Crippen molar-refractivity contribution in [3.05, 3.63) is 35.4 Å². The number of rotatable bonds is 7. The Morgan fingerprint density at radius 2 is 1.90 bits per heavy atom. The van der Waals surface area contributed by atoms with E-state index in [-0.39, 0.29) is 16.8 Å². The van der Waals surface area contributed by atoms with Gasteiger partial charge in [-0.3, -0.25) is 4.79 Å². The zero-order valence-corrected chi connectivity index (χ0v) is 13.3. The lowest BCUT2D eigenvalue weighted by Gasteiger charge is -2.15. The van der Waals surface area contributed by atoms with E-state index in [0.717, 1.165) is 12.0 Å². The predicted octanol–water partition coefficient (Wildman–Crippen LogP) is 3.13. The highest BCUT2D eigenvalue weighted by Crippen LogP contribution is 2.15. The van der Waals surface area contributed by atoms with Crippen molar-refractivity contribution in [3.8, 4) is 0 Å². The molecule has 0 aliphatic carbocycles. The Labute approximate surface area is 126 Å². The second kappa shape index (κ2) is 8.00. The zero-order valence-electron chi connectivity index (χ0n) is 12.5. The van der Waals surface area contributed by atoms with Crippen LogP contribution in [0.4, 0.5) is 0 Å². The number of amides is 1. The molecule has 0 saturated heterocycles. The molecule has 20 heavy (non-hydrogen) atoms. The molecule has 1 atom stereocenters. The number of carbonyl (C=O) groups is 1. The van der Waals surface area contributed by atoms with Gasteiger partial charge in [0.25, 0.3) is 0 Å². The van der Waals surface area contributed by atoms with Crippen molar-refractivity contribution in [1.82, 2.24) is 5.32 Å². The lowest BCUT2D eigenvalue weighted by molar-refractivity contribution is -0.123. The lowest BCUT2D eigenvalue weighted by atomic mass is 10.0. The van der Waals surface area contributed by atoms with Crippen LogP contribution < -0.4 is 11.1 Å². The molecule has 1 amide bonds. The maximum Gasteiger partial charge on any atom is 0.230 e. The number of carbonyl (C=O) groups excluding carboxylic acids is 1. The van der Waals surface area contributed by atoms with Gasteiger partial charge in [-0.25, -0.2) is 0 Å². The maximum absolute atomic E-state index is 12.0. The molecule has 0 fully saturated rings. The van der Waals surface area contributed by atoms with E-state index in [1.165, 1.54) is 5.56 Å². The third-order valence-corrected chi connectivity index (χ3v) is 3.63. The van der Waals surface area contributed by atoms with E-state index in [1.54, 1.807) is 0 Å². The van der Waals surface area contributed by atoms with Crippen LogP contribution in [0.5, 0.6) is 0 Å². The molecule has 0 aromatic heterocycles. The molecule has 0 aliphatic heterocycles. The predicted molar refractivity (Wildman–Crippen MR) is 87.6 cm³/mol. The molecule has 0 aliphatic rings. The molecule has 4 heteroatoms. The monoisotopic (exact) mass is 292 g/mol. The Morgan fingerprint density at radius 1 is 1.30 bits per heavy atom. The number of nitrogens with one attached hydrogen (secondary N) is 1. The van der Waals surface area contributed by atoms with Gasteiger partial charge in [0.1, 0.15) is 0 Å². The molecule has 1 aromatic rings. The van der Waals surface area contributed by atoms with Gasteiger partial charge in [-0.05, 0) is 23.5 Å². The van der Waals surface area contributed by atoms with E-state index in [2.05, 4.69) is 31.3 Å². The van der Waals surface area contributed by atoms with Crippen molar-refractivity contribution in [1.29, 1.82) is 0 Å². The minimum absolute atomic E-state index is 0.0766. The maximum atomic E-state index is 12.0. The summed E-state index contributed by atoms with van der Waals surface area (Å²) in [4.78, 5) is 12.3. The number of thiocarbonyl (C=S) groups is 1. The van der Waals surface area contributed by atoms with Crippen LogP contribution >= 0.6 is 12.2 Å². The molecule has 0 saturated carbocycles. The summed E-state index contributed by atoms with van der Waals surface area (Å²) >= 11 is 4.95. The number of hydrogen-bond acceptors (Lipinski definition) is 2. The molecule has 3 nitrogen and oxygen atoms in total. The summed E-state index contributed by atoms with van der Waals surface area (Å²) in [6.07, 6.45) is 1.59. The van der Waals surface area contributed by atoms with Crippen LogP contribution in [0, 0.1) is 5.92 Å². The Morgan fingerprint density at radius 3 is 2.35 bits per heavy atom.